The summed E-state index contributed by atoms with van der Waals surface area (Å²) in [6.07, 6.45) is 4.88. The van der Waals surface area contributed by atoms with Crippen LogP contribution in [0.3, 0.4) is 0 Å². The molecule has 2 N–H and O–H groups in total. The van der Waals surface area contributed by atoms with Crippen molar-refractivity contribution in [2.75, 3.05) is 0 Å². The number of hydrogen-bond acceptors (Lipinski definition) is 2. The molecule has 0 unspecified atom stereocenters. The zero-order valence-corrected chi connectivity index (χ0v) is 10.1. The van der Waals surface area contributed by atoms with E-state index in [2.05, 4.69) is 15.9 Å². The Labute approximate surface area is 98.1 Å². The summed E-state index contributed by atoms with van der Waals surface area (Å²) >= 11 is 3.34. The Bertz CT molecular complexity index is 357. The molecule has 2 nitrogen and oxygen atoms in total. The van der Waals surface area contributed by atoms with E-state index in [1.54, 1.807) is 12.1 Å². The van der Waals surface area contributed by atoms with Crippen LogP contribution in [-0.2, 0) is 5.60 Å². The van der Waals surface area contributed by atoms with Gasteiger partial charge in [-0.3, -0.25) is 0 Å². The van der Waals surface area contributed by atoms with E-state index in [1.807, 2.05) is 6.07 Å². The van der Waals surface area contributed by atoms with Crippen molar-refractivity contribution in [1.29, 1.82) is 0 Å². The van der Waals surface area contributed by atoms with Gasteiger partial charge in [0.1, 0.15) is 5.75 Å². The number of rotatable bonds is 1. The summed E-state index contributed by atoms with van der Waals surface area (Å²) in [7, 11) is 0. The predicted octanol–water partition coefficient (Wildman–Crippen LogP) is 3.31. The molecule has 0 radical (unpaired) electrons. The first-order chi connectivity index (χ1) is 7.13. The molecule has 0 heterocycles. The first kappa shape index (κ1) is 11.0. The molecule has 1 fully saturated rings. The Hall–Kier alpha value is -0.540. The zero-order valence-electron chi connectivity index (χ0n) is 8.54. The van der Waals surface area contributed by atoms with Gasteiger partial charge in [0.2, 0.25) is 0 Å². The molecule has 1 saturated carbocycles. The van der Waals surface area contributed by atoms with Gasteiger partial charge < -0.3 is 10.2 Å². The van der Waals surface area contributed by atoms with Gasteiger partial charge in [0.25, 0.3) is 0 Å². The van der Waals surface area contributed by atoms with Crippen molar-refractivity contribution in [2.24, 2.45) is 0 Å². The molecule has 0 bridgehead atoms. The molecular weight excluding hydrogens is 256 g/mol. The van der Waals surface area contributed by atoms with E-state index in [9.17, 15) is 10.2 Å². The second-order valence-electron chi connectivity index (χ2n) is 4.23. The highest BCUT2D eigenvalue weighted by Gasteiger charge is 2.33. The highest BCUT2D eigenvalue weighted by atomic mass is 79.9. The third kappa shape index (κ3) is 2.04. The molecule has 15 heavy (non-hydrogen) atoms. The van der Waals surface area contributed by atoms with E-state index < -0.39 is 5.60 Å². The Morgan fingerprint density at radius 2 is 1.80 bits per heavy atom. The van der Waals surface area contributed by atoms with E-state index in [0.717, 1.165) is 31.2 Å². The minimum atomic E-state index is -0.754. The fraction of sp³-hybridized carbons (Fsp3) is 0.500. The van der Waals surface area contributed by atoms with E-state index in [4.69, 9.17) is 0 Å². The van der Waals surface area contributed by atoms with Gasteiger partial charge in [0.15, 0.2) is 0 Å². The fourth-order valence-electron chi connectivity index (χ4n) is 2.29. The quantitative estimate of drug-likeness (QED) is 0.822. The van der Waals surface area contributed by atoms with Gasteiger partial charge in [0.05, 0.1) is 10.1 Å². The van der Waals surface area contributed by atoms with Crippen molar-refractivity contribution in [2.45, 2.75) is 37.7 Å². The lowest BCUT2D eigenvalue weighted by Crippen LogP contribution is -2.28. The maximum Gasteiger partial charge on any atom is 0.130 e. The van der Waals surface area contributed by atoms with Crippen LogP contribution in [0, 0.1) is 0 Å². The molecule has 1 aliphatic carbocycles. The molecule has 0 amide bonds. The number of phenolic OH excluding ortho intramolecular Hbond substituents is 1. The second-order valence-corrected chi connectivity index (χ2v) is 5.02. The largest absolute Gasteiger partial charge is 0.507 e. The molecule has 0 saturated heterocycles. The van der Waals surface area contributed by atoms with E-state index >= 15 is 0 Å². The van der Waals surface area contributed by atoms with Crippen molar-refractivity contribution in [3.05, 3.63) is 28.2 Å². The first-order valence-corrected chi connectivity index (χ1v) is 6.13. The molecule has 1 aromatic rings. The average molecular weight is 271 g/mol. The van der Waals surface area contributed by atoms with Gasteiger partial charge in [-0.2, -0.15) is 0 Å². The Balaban J connectivity index is 2.39. The molecule has 1 aromatic carbocycles. The maximum absolute atomic E-state index is 10.5. The van der Waals surface area contributed by atoms with Crippen LogP contribution in [0.5, 0.6) is 5.75 Å². The van der Waals surface area contributed by atoms with E-state index in [-0.39, 0.29) is 5.75 Å². The standard InChI is InChI=1S/C12H15BrO2/c13-11-9(5-4-6-10(11)14)12(15)7-2-1-3-8-12/h4-6,14-15H,1-3,7-8H2. The minimum Gasteiger partial charge on any atom is -0.507 e. The summed E-state index contributed by atoms with van der Waals surface area (Å²) in [4.78, 5) is 0. The molecule has 0 aliphatic heterocycles. The molecule has 3 heteroatoms. The van der Waals surface area contributed by atoms with Crippen molar-refractivity contribution in [1.82, 2.24) is 0 Å². The van der Waals surface area contributed by atoms with Crippen LogP contribution in [0.4, 0.5) is 0 Å². The summed E-state index contributed by atoms with van der Waals surface area (Å²) in [5.74, 6) is 0.200. The Morgan fingerprint density at radius 1 is 1.13 bits per heavy atom. The number of benzene rings is 1. The van der Waals surface area contributed by atoms with Crippen LogP contribution in [0.2, 0.25) is 0 Å². The number of aromatic hydroxyl groups is 1. The van der Waals surface area contributed by atoms with Crippen molar-refractivity contribution >= 4 is 15.9 Å². The maximum atomic E-state index is 10.5. The van der Waals surface area contributed by atoms with Gasteiger partial charge >= 0.3 is 0 Å². The summed E-state index contributed by atoms with van der Waals surface area (Å²) < 4.78 is 0.634. The summed E-state index contributed by atoms with van der Waals surface area (Å²) in [5, 5.41) is 20.1. The predicted molar refractivity (Wildman–Crippen MR) is 62.8 cm³/mol. The topological polar surface area (TPSA) is 40.5 Å². The third-order valence-electron chi connectivity index (χ3n) is 3.16. The van der Waals surface area contributed by atoms with Gasteiger partial charge in [-0.25, -0.2) is 0 Å². The Kier molecular flexibility index (Phi) is 3.03. The molecular formula is C12H15BrO2. The highest BCUT2D eigenvalue weighted by molar-refractivity contribution is 9.10. The van der Waals surface area contributed by atoms with Crippen LogP contribution in [-0.4, -0.2) is 10.2 Å². The first-order valence-electron chi connectivity index (χ1n) is 5.34. The normalized spacial score (nSPS) is 20.1. The number of aliphatic hydroxyl groups is 1. The monoisotopic (exact) mass is 270 g/mol. The lowest BCUT2D eigenvalue weighted by atomic mass is 9.80. The molecule has 0 spiro atoms. The fourth-order valence-corrected chi connectivity index (χ4v) is 2.92. The van der Waals surface area contributed by atoms with Gasteiger partial charge in [-0.1, -0.05) is 31.4 Å². The van der Waals surface area contributed by atoms with Crippen molar-refractivity contribution < 1.29 is 10.2 Å². The molecule has 0 aromatic heterocycles. The van der Waals surface area contributed by atoms with Crippen LogP contribution in [0.25, 0.3) is 0 Å². The SMILES string of the molecule is Oc1cccc(C2(O)CCCCC2)c1Br. The lowest BCUT2D eigenvalue weighted by Gasteiger charge is -2.33. The van der Waals surface area contributed by atoms with Crippen LogP contribution in [0.15, 0.2) is 22.7 Å². The van der Waals surface area contributed by atoms with Crippen molar-refractivity contribution in [3.63, 3.8) is 0 Å². The summed E-state index contributed by atoms with van der Waals surface area (Å²) in [6, 6.07) is 5.29. The zero-order chi connectivity index (χ0) is 10.9. The highest BCUT2D eigenvalue weighted by Crippen LogP contribution is 2.42. The summed E-state index contributed by atoms with van der Waals surface area (Å²) in [5.41, 5.74) is 0.0673. The van der Waals surface area contributed by atoms with Gasteiger partial charge in [-0.15, -0.1) is 0 Å². The molecule has 0 atom stereocenters. The summed E-state index contributed by atoms with van der Waals surface area (Å²) in [6.45, 7) is 0. The van der Waals surface area contributed by atoms with Crippen LogP contribution < -0.4 is 0 Å². The lowest BCUT2D eigenvalue weighted by molar-refractivity contribution is -0.00149. The smallest absolute Gasteiger partial charge is 0.130 e. The van der Waals surface area contributed by atoms with Crippen LogP contribution in [0.1, 0.15) is 37.7 Å². The number of phenols is 1. The van der Waals surface area contributed by atoms with Gasteiger partial charge in [0, 0.05) is 5.56 Å². The minimum absolute atomic E-state index is 0.200. The average Bonchev–Trinajstić information content (AvgIpc) is 2.23. The Morgan fingerprint density at radius 3 is 2.47 bits per heavy atom. The van der Waals surface area contributed by atoms with Gasteiger partial charge in [-0.05, 0) is 34.8 Å². The molecule has 82 valence electrons. The third-order valence-corrected chi connectivity index (χ3v) is 3.99. The molecule has 1 aliphatic rings. The van der Waals surface area contributed by atoms with E-state index in [1.165, 1.54) is 6.42 Å². The van der Waals surface area contributed by atoms with Crippen LogP contribution >= 0.6 is 15.9 Å². The number of halogens is 1. The number of hydrogen-bond donors (Lipinski definition) is 2. The van der Waals surface area contributed by atoms with Crippen molar-refractivity contribution in [3.8, 4) is 5.75 Å². The second kappa shape index (κ2) is 4.14. The van der Waals surface area contributed by atoms with E-state index in [0.29, 0.717) is 4.47 Å². The molecule has 2 rings (SSSR count).